The van der Waals surface area contributed by atoms with Crippen molar-refractivity contribution in [2.75, 3.05) is 7.11 Å². The number of hydrogen-bond donors (Lipinski definition) is 1. The lowest BCUT2D eigenvalue weighted by Gasteiger charge is -2.03. The van der Waals surface area contributed by atoms with Crippen LogP contribution in [0.25, 0.3) is 5.65 Å². The minimum Gasteiger partial charge on any atom is -0.496 e. The van der Waals surface area contributed by atoms with Crippen molar-refractivity contribution in [1.29, 1.82) is 0 Å². The van der Waals surface area contributed by atoms with Gasteiger partial charge in [0.25, 0.3) is 5.91 Å². The number of ether oxygens (including phenoxy) is 1. The van der Waals surface area contributed by atoms with Crippen molar-refractivity contribution in [2.45, 2.75) is 6.92 Å². The van der Waals surface area contributed by atoms with Crippen LogP contribution in [0, 0.1) is 6.92 Å². The first-order chi connectivity index (χ1) is 11.6. The van der Waals surface area contributed by atoms with E-state index >= 15 is 0 Å². The molecule has 1 N–H and O–H groups in total. The molecule has 2 aromatic heterocycles. The minimum atomic E-state index is -0.310. The second-order valence-electron chi connectivity index (χ2n) is 5.07. The van der Waals surface area contributed by atoms with E-state index in [1.807, 2.05) is 36.4 Å². The standard InChI is InChI=1S/C17H15BrN4O2/c1-11-16(22-8-4-3-5-15(22)20-11)17(23)21-19-10-12-6-7-14(24-2)13(18)9-12/h3-10H,1-2H3,(H,21,23)/b19-10-. The van der Waals surface area contributed by atoms with Crippen molar-refractivity contribution >= 4 is 33.7 Å². The maximum Gasteiger partial charge on any atom is 0.290 e. The molecule has 0 aliphatic carbocycles. The molecule has 7 heteroatoms. The summed E-state index contributed by atoms with van der Waals surface area (Å²) in [4.78, 5) is 16.7. The van der Waals surface area contributed by atoms with Gasteiger partial charge in [-0.2, -0.15) is 5.10 Å². The van der Waals surface area contributed by atoms with Gasteiger partial charge in [0.15, 0.2) is 0 Å². The number of aryl methyl sites for hydroxylation is 1. The number of nitrogens with one attached hydrogen (secondary N) is 1. The van der Waals surface area contributed by atoms with Crippen LogP contribution < -0.4 is 10.2 Å². The smallest absolute Gasteiger partial charge is 0.290 e. The van der Waals surface area contributed by atoms with Gasteiger partial charge in [0.2, 0.25) is 0 Å². The molecule has 0 spiro atoms. The lowest BCUT2D eigenvalue weighted by atomic mass is 10.2. The largest absolute Gasteiger partial charge is 0.496 e. The van der Waals surface area contributed by atoms with Gasteiger partial charge in [0, 0.05) is 6.20 Å². The van der Waals surface area contributed by atoms with Gasteiger partial charge >= 0.3 is 0 Å². The highest BCUT2D eigenvalue weighted by Gasteiger charge is 2.15. The van der Waals surface area contributed by atoms with Gasteiger partial charge in [-0.25, -0.2) is 10.4 Å². The summed E-state index contributed by atoms with van der Waals surface area (Å²) in [5, 5.41) is 4.01. The fourth-order valence-electron chi connectivity index (χ4n) is 2.37. The molecule has 0 atom stereocenters. The predicted molar refractivity (Wildman–Crippen MR) is 95.7 cm³/mol. The molecule has 0 bridgehead atoms. The lowest BCUT2D eigenvalue weighted by Crippen LogP contribution is -2.20. The van der Waals surface area contributed by atoms with E-state index in [4.69, 9.17) is 4.74 Å². The molecule has 122 valence electrons. The first-order valence-electron chi connectivity index (χ1n) is 7.21. The molecule has 0 aliphatic heterocycles. The van der Waals surface area contributed by atoms with E-state index in [-0.39, 0.29) is 5.91 Å². The molecule has 0 saturated heterocycles. The number of nitrogens with zero attached hydrogens (tertiary/aromatic N) is 3. The molecular formula is C17H15BrN4O2. The molecule has 24 heavy (non-hydrogen) atoms. The Kier molecular flexibility index (Phi) is 4.61. The lowest BCUT2D eigenvalue weighted by molar-refractivity contribution is 0.0948. The Hall–Kier alpha value is -2.67. The van der Waals surface area contributed by atoms with Crippen LogP contribution >= 0.6 is 15.9 Å². The zero-order valence-corrected chi connectivity index (χ0v) is 14.7. The Morgan fingerprint density at radius 1 is 1.38 bits per heavy atom. The molecule has 0 fully saturated rings. The second-order valence-corrected chi connectivity index (χ2v) is 5.92. The van der Waals surface area contributed by atoms with E-state index in [9.17, 15) is 4.79 Å². The summed E-state index contributed by atoms with van der Waals surface area (Å²) in [7, 11) is 1.60. The molecule has 1 aromatic carbocycles. The number of imidazole rings is 1. The van der Waals surface area contributed by atoms with Crippen molar-refractivity contribution in [2.24, 2.45) is 5.10 Å². The van der Waals surface area contributed by atoms with Crippen LogP contribution in [-0.2, 0) is 0 Å². The molecule has 0 saturated carbocycles. The van der Waals surface area contributed by atoms with Gasteiger partial charge in [0.1, 0.15) is 17.1 Å². The molecule has 3 rings (SSSR count). The second kappa shape index (κ2) is 6.84. The first kappa shape index (κ1) is 16.2. The number of amides is 1. The molecule has 3 aromatic rings. The van der Waals surface area contributed by atoms with E-state index in [1.54, 1.807) is 30.8 Å². The number of carbonyl (C=O) groups excluding carboxylic acids is 1. The number of methoxy groups -OCH3 is 1. The van der Waals surface area contributed by atoms with Gasteiger partial charge < -0.3 is 4.74 Å². The number of halogens is 1. The Balaban J connectivity index is 1.77. The highest BCUT2D eigenvalue weighted by Crippen LogP contribution is 2.24. The highest BCUT2D eigenvalue weighted by atomic mass is 79.9. The normalized spacial score (nSPS) is 11.1. The van der Waals surface area contributed by atoms with Gasteiger partial charge in [-0.05, 0) is 58.7 Å². The number of aromatic nitrogens is 2. The Bertz CT molecular complexity index is 933. The van der Waals surface area contributed by atoms with Crippen LogP contribution in [0.1, 0.15) is 21.7 Å². The maximum absolute atomic E-state index is 12.4. The maximum atomic E-state index is 12.4. The summed E-state index contributed by atoms with van der Waals surface area (Å²) < 4.78 is 7.73. The van der Waals surface area contributed by atoms with Crippen molar-refractivity contribution < 1.29 is 9.53 Å². The number of carbonyl (C=O) groups is 1. The van der Waals surface area contributed by atoms with Gasteiger partial charge in [-0.3, -0.25) is 9.20 Å². The third-order valence-corrected chi connectivity index (χ3v) is 4.09. The van der Waals surface area contributed by atoms with Crippen LogP contribution in [0.4, 0.5) is 0 Å². The zero-order valence-electron chi connectivity index (χ0n) is 13.2. The Morgan fingerprint density at radius 3 is 2.96 bits per heavy atom. The number of rotatable bonds is 4. The molecule has 1 amide bonds. The summed E-state index contributed by atoms with van der Waals surface area (Å²) in [5.74, 6) is 0.424. The van der Waals surface area contributed by atoms with E-state index < -0.39 is 0 Å². The molecule has 0 radical (unpaired) electrons. The number of pyridine rings is 1. The first-order valence-corrected chi connectivity index (χ1v) is 8.00. The van der Waals surface area contributed by atoms with E-state index in [2.05, 4.69) is 31.4 Å². The van der Waals surface area contributed by atoms with Gasteiger partial charge in [0.05, 0.1) is 23.5 Å². The fourth-order valence-corrected chi connectivity index (χ4v) is 2.93. The van der Waals surface area contributed by atoms with Gasteiger partial charge in [-0.15, -0.1) is 0 Å². The predicted octanol–water partition coefficient (Wildman–Crippen LogP) is 3.18. The summed E-state index contributed by atoms with van der Waals surface area (Å²) in [6.45, 7) is 1.80. The van der Waals surface area contributed by atoms with Gasteiger partial charge in [-0.1, -0.05) is 6.07 Å². The SMILES string of the molecule is COc1ccc(/C=N\NC(=O)c2c(C)nc3ccccn23)cc1Br. The third kappa shape index (κ3) is 3.16. The van der Waals surface area contributed by atoms with E-state index in [0.29, 0.717) is 11.4 Å². The summed E-state index contributed by atoms with van der Waals surface area (Å²) in [6.07, 6.45) is 3.37. The van der Waals surface area contributed by atoms with E-state index in [1.165, 1.54) is 0 Å². The molecule has 0 unspecified atom stereocenters. The summed E-state index contributed by atoms with van der Waals surface area (Å²) in [5.41, 5.74) is 5.22. The van der Waals surface area contributed by atoms with Crippen molar-refractivity contribution in [3.05, 3.63) is 64.0 Å². The van der Waals surface area contributed by atoms with Crippen molar-refractivity contribution in [1.82, 2.24) is 14.8 Å². The number of hydrazone groups is 1. The molecule has 0 aliphatic rings. The summed E-state index contributed by atoms with van der Waals surface area (Å²) >= 11 is 3.41. The zero-order chi connectivity index (χ0) is 17.1. The van der Waals surface area contributed by atoms with Crippen LogP contribution in [0.5, 0.6) is 5.75 Å². The van der Waals surface area contributed by atoms with Crippen LogP contribution in [0.15, 0.2) is 52.2 Å². The molecule has 6 nitrogen and oxygen atoms in total. The fraction of sp³-hybridized carbons (Fsp3) is 0.118. The quantitative estimate of drug-likeness (QED) is 0.552. The van der Waals surface area contributed by atoms with Crippen molar-refractivity contribution in [3.8, 4) is 5.75 Å². The number of hydrogen-bond acceptors (Lipinski definition) is 4. The summed E-state index contributed by atoms with van der Waals surface area (Å²) in [6, 6.07) is 11.1. The topological polar surface area (TPSA) is 68.0 Å². The number of benzene rings is 1. The highest BCUT2D eigenvalue weighted by molar-refractivity contribution is 9.10. The minimum absolute atomic E-state index is 0.310. The van der Waals surface area contributed by atoms with Crippen LogP contribution in [-0.4, -0.2) is 28.6 Å². The van der Waals surface area contributed by atoms with Crippen molar-refractivity contribution in [3.63, 3.8) is 0 Å². The van der Waals surface area contributed by atoms with E-state index in [0.717, 1.165) is 21.4 Å². The monoisotopic (exact) mass is 386 g/mol. The average molecular weight is 387 g/mol. The van der Waals surface area contributed by atoms with Crippen LogP contribution in [0.3, 0.4) is 0 Å². The van der Waals surface area contributed by atoms with Crippen LogP contribution in [0.2, 0.25) is 0 Å². The Morgan fingerprint density at radius 2 is 2.21 bits per heavy atom. The number of fused-ring (bicyclic) bond motifs is 1. The molecular weight excluding hydrogens is 372 g/mol. The Labute approximate surface area is 147 Å². The average Bonchev–Trinajstić information content (AvgIpc) is 2.90. The third-order valence-electron chi connectivity index (χ3n) is 3.47. The molecule has 2 heterocycles.